The highest BCUT2D eigenvalue weighted by Crippen LogP contribution is 2.16. The highest BCUT2D eigenvalue weighted by atomic mass is 35.5. The predicted octanol–water partition coefficient (Wildman–Crippen LogP) is 1.35. The smallest absolute Gasteiger partial charge is 0.209 e. The molecule has 0 fully saturated rings. The van der Waals surface area contributed by atoms with Crippen LogP contribution in [0.2, 0.25) is 5.02 Å². The Morgan fingerprint density at radius 1 is 1.47 bits per heavy atom. The lowest BCUT2D eigenvalue weighted by Gasteiger charge is -2.25. The first kappa shape index (κ1) is 15.7. The second kappa shape index (κ2) is 5.74. The highest BCUT2D eigenvalue weighted by Gasteiger charge is 2.22. The summed E-state index contributed by atoms with van der Waals surface area (Å²) in [5.74, 6) is 0.462. The molecule has 0 saturated carbocycles. The Morgan fingerprint density at radius 3 is 2.63 bits per heavy atom. The molecule has 1 heterocycles. The van der Waals surface area contributed by atoms with E-state index in [2.05, 4.69) is 15.0 Å². The monoisotopic (exact) mass is 302 g/mol. The number of nitrogens with zero attached hydrogens (tertiary/aromatic N) is 2. The van der Waals surface area contributed by atoms with Gasteiger partial charge in [0.05, 0.1) is 11.3 Å². The van der Waals surface area contributed by atoms with Crippen molar-refractivity contribution in [1.82, 2.24) is 9.71 Å². The lowest BCUT2D eigenvalue weighted by atomic mass is 10.1. The van der Waals surface area contributed by atoms with Gasteiger partial charge in [-0.25, -0.2) is 18.1 Å². The Kier molecular flexibility index (Phi) is 4.74. The van der Waals surface area contributed by atoms with Gasteiger partial charge in [0, 0.05) is 12.1 Å². The molecule has 0 unspecified atom stereocenters. The Morgan fingerprint density at radius 2 is 2.11 bits per heavy atom. The van der Waals surface area contributed by atoms with Crippen molar-refractivity contribution in [2.24, 2.45) is 0 Å². The first-order valence-electron chi connectivity index (χ1n) is 5.42. The van der Waals surface area contributed by atoms with Crippen LogP contribution in [-0.2, 0) is 10.0 Å². The van der Waals surface area contributed by atoms with Crippen molar-refractivity contribution in [3.63, 3.8) is 0 Å². The molecule has 104 valence electrons. The summed E-state index contributed by atoms with van der Waals surface area (Å²) in [4.78, 5) is 4.01. The number of hydrogen-bond donors (Lipinski definition) is 2. The van der Waals surface area contributed by atoms with Gasteiger partial charge in [-0.2, -0.15) is 5.26 Å². The van der Waals surface area contributed by atoms with E-state index in [1.165, 1.54) is 0 Å². The number of aromatic nitrogens is 1. The summed E-state index contributed by atoms with van der Waals surface area (Å²) >= 11 is 5.77. The maximum absolute atomic E-state index is 11.2. The van der Waals surface area contributed by atoms with Crippen LogP contribution >= 0.6 is 11.6 Å². The van der Waals surface area contributed by atoms with Crippen LogP contribution in [-0.4, -0.2) is 31.7 Å². The van der Waals surface area contributed by atoms with Crippen molar-refractivity contribution in [3.8, 4) is 6.07 Å². The number of hydrogen-bond acceptors (Lipinski definition) is 5. The summed E-state index contributed by atoms with van der Waals surface area (Å²) in [7, 11) is -3.29. The number of rotatable bonds is 5. The number of anilines is 1. The number of pyridine rings is 1. The van der Waals surface area contributed by atoms with Gasteiger partial charge in [0.1, 0.15) is 11.9 Å². The molecule has 0 spiro atoms. The van der Waals surface area contributed by atoms with Crippen molar-refractivity contribution >= 4 is 27.4 Å². The molecule has 2 N–H and O–H groups in total. The molecule has 0 aliphatic rings. The molecule has 8 heteroatoms. The molecule has 6 nitrogen and oxygen atoms in total. The molecule has 0 aliphatic heterocycles. The molecule has 0 radical (unpaired) electrons. The van der Waals surface area contributed by atoms with Gasteiger partial charge >= 0.3 is 0 Å². The minimum Gasteiger partial charge on any atom is -0.368 e. The molecule has 1 aromatic rings. The molecule has 1 aromatic heterocycles. The molecular formula is C11H15ClN4O2S. The SMILES string of the molecule is CC(C)(CNc1ccc(Cl)c(C#N)n1)NS(C)(=O)=O. The summed E-state index contributed by atoms with van der Waals surface area (Å²) < 4.78 is 24.9. The Hall–Kier alpha value is -1.36. The molecular weight excluding hydrogens is 288 g/mol. The summed E-state index contributed by atoms with van der Waals surface area (Å²) in [5.41, 5.74) is -0.553. The molecule has 1 rings (SSSR count). The Balaban J connectivity index is 2.75. The van der Waals surface area contributed by atoms with Crippen molar-refractivity contribution in [2.75, 3.05) is 18.1 Å². The van der Waals surface area contributed by atoms with Gasteiger partial charge < -0.3 is 5.32 Å². The maximum Gasteiger partial charge on any atom is 0.209 e. The van der Waals surface area contributed by atoms with Gasteiger partial charge in [0.2, 0.25) is 10.0 Å². The van der Waals surface area contributed by atoms with E-state index >= 15 is 0 Å². The van der Waals surface area contributed by atoms with Crippen LogP contribution in [0.25, 0.3) is 0 Å². The fourth-order valence-corrected chi connectivity index (χ4v) is 2.69. The minimum atomic E-state index is -3.29. The summed E-state index contributed by atoms with van der Waals surface area (Å²) in [6, 6.07) is 5.06. The van der Waals surface area contributed by atoms with Crippen LogP contribution in [0.5, 0.6) is 0 Å². The van der Waals surface area contributed by atoms with Crippen LogP contribution < -0.4 is 10.0 Å². The molecule has 19 heavy (non-hydrogen) atoms. The molecule has 0 aromatic carbocycles. The van der Waals surface area contributed by atoms with Crippen molar-refractivity contribution in [3.05, 3.63) is 22.8 Å². The zero-order valence-electron chi connectivity index (χ0n) is 10.9. The van der Waals surface area contributed by atoms with E-state index < -0.39 is 15.6 Å². The van der Waals surface area contributed by atoms with Crippen molar-refractivity contribution in [1.29, 1.82) is 5.26 Å². The summed E-state index contributed by atoms with van der Waals surface area (Å²) in [5, 5.41) is 12.0. The quantitative estimate of drug-likeness (QED) is 0.856. The number of sulfonamides is 1. The van der Waals surface area contributed by atoms with Gasteiger partial charge in [0.15, 0.2) is 5.69 Å². The average Bonchev–Trinajstić information content (AvgIpc) is 2.25. The van der Waals surface area contributed by atoms with E-state index in [0.29, 0.717) is 12.4 Å². The van der Waals surface area contributed by atoms with Crippen molar-refractivity contribution in [2.45, 2.75) is 19.4 Å². The molecule has 0 bridgehead atoms. The molecule has 0 saturated heterocycles. The Labute approximate surface area is 117 Å². The first-order valence-corrected chi connectivity index (χ1v) is 7.69. The van der Waals surface area contributed by atoms with Crippen LogP contribution in [0.4, 0.5) is 5.82 Å². The van der Waals surface area contributed by atoms with Crippen molar-refractivity contribution < 1.29 is 8.42 Å². The van der Waals surface area contributed by atoms with Crippen LogP contribution in [0.15, 0.2) is 12.1 Å². The predicted molar refractivity (Wildman–Crippen MR) is 74.5 cm³/mol. The van der Waals surface area contributed by atoms with Gasteiger partial charge in [-0.3, -0.25) is 0 Å². The van der Waals surface area contributed by atoms with Gasteiger partial charge in [-0.05, 0) is 26.0 Å². The third kappa shape index (κ3) is 5.42. The lowest BCUT2D eigenvalue weighted by molar-refractivity contribution is 0.476. The normalized spacial score (nSPS) is 11.9. The maximum atomic E-state index is 11.2. The third-order valence-electron chi connectivity index (χ3n) is 2.13. The van der Waals surface area contributed by atoms with Gasteiger partial charge in [0.25, 0.3) is 0 Å². The number of nitrogens with one attached hydrogen (secondary N) is 2. The van der Waals surface area contributed by atoms with Crippen LogP contribution in [0.3, 0.4) is 0 Å². The van der Waals surface area contributed by atoms with Crippen LogP contribution in [0, 0.1) is 11.3 Å². The number of nitriles is 1. The third-order valence-corrected chi connectivity index (χ3v) is 3.35. The van der Waals surface area contributed by atoms with E-state index in [9.17, 15) is 8.42 Å². The fraction of sp³-hybridized carbons (Fsp3) is 0.455. The molecule has 0 atom stereocenters. The zero-order chi connectivity index (χ0) is 14.7. The number of halogens is 1. The topological polar surface area (TPSA) is 94.9 Å². The van der Waals surface area contributed by atoms with Gasteiger partial charge in [-0.1, -0.05) is 11.6 Å². The fourth-order valence-electron chi connectivity index (χ4n) is 1.47. The molecule has 0 amide bonds. The first-order chi connectivity index (χ1) is 8.63. The van der Waals surface area contributed by atoms with Gasteiger partial charge in [-0.15, -0.1) is 0 Å². The molecule has 0 aliphatic carbocycles. The lowest BCUT2D eigenvalue weighted by Crippen LogP contribution is -2.47. The summed E-state index contributed by atoms with van der Waals surface area (Å²) in [6.07, 6.45) is 1.10. The van der Waals surface area contributed by atoms with E-state index in [1.54, 1.807) is 26.0 Å². The van der Waals surface area contributed by atoms with E-state index in [4.69, 9.17) is 16.9 Å². The largest absolute Gasteiger partial charge is 0.368 e. The highest BCUT2D eigenvalue weighted by molar-refractivity contribution is 7.88. The second-order valence-electron chi connectivity index (χ2n) is 4.75. The van der Waals surface area contributed by atoms with E-state index in [-0.39, 0.29) is 10.7 Å². The second-order valence-corrected chi connectivity index (χ2v) is 6.91. The van der Waals surface area contributed by atoms with Crippen LogP contribution in [0.1, 0.15) is 19.5 Å². The minimum absolute atomic E-state index is 0.126. The Bertz CT molecular complexity index is 608. The van der Waals surface area contributed by atoms with E-state index in [1.807, 2.05) is 6.07 Å². The summed E-state index contributed by atoms with van der Waals surface area (Å²) in [6.45, 7) is 3.80. The average molecular weight is 303 g/mol. The standard InChI is InChI=1S/C11H15ClN4O2S/c1-11(2,16-19(3,17)18)7-14-10-5-4-8(12)9(6-13)15-10/h4-5,16H,7H2,1-3H3,(H,14,15). The van der Waals surface area contributed by atoms with E-state index in [0.717, 1.165) is 6.26 Å². The zero-order valence-corrected chi connectivity index (χ0v) is 12.4.